The highest BCUT2D eigenvalue weighted by atomic mass is 127. The van der Waals surface area contributed by atoms with Crippen LogP contribution in [-0.2, 0) is 14.2 Å². The normalized spacial score (nSPS) is 27.2. The summed E-state index contributed by atoms with van der Waals surface area (Å²) < 4.78 is 16.8. The Bertz CT molecular complexity index is 440. The molecule has 7 nitrogen and oxygen atoms in total. The zero-order valence-corrected chi connectivity index (χ0v) is 18.6. The first-order valence-electron chi connectivity index (χ1n) is 9.74. The Hall–Kier alpha value is -0.160. The first-order chi connectivity index (χ1) is 12.3. The van der Waals surface area contributed by atoms with Gasteiger partial charge in [-0.1, -0.05) is 0 Å². The molecular formula is C18H35IN4O3. The summed E-state index contributed by atoms with van der Waals surface area (Å²) in [6.07, 6.45) is 3.04. The maximum atomic E-state index is 5.83. The number of ether oxygens (including phenoxy) is 3. The number of hydrogen-bond donors (Lipinski definition) is 1. The molecular weight excluding hydrogens is 447 g/mol. The van der Waals surface area contributed by atoms with Gasteiger partial charge in [0.15, 0.2) is 5.96 Å². The third-order valence-electron chi connectivity index (χ3n) is 5.71. The van der Waals surface area contributed by atoms with Gasteiger partial charge in [0, 0.05) is 71.9 Å². The highest BCUT2D eigenvalue weighted by Crippen LogP contribution is 2.25. The Kier molecular flexibility index (Phi) is 9.36. The minimum atomic E-state index is -0.164. The van der Waals surface area contributed by atoms with Crippen LogP contribution in [0.4, 0.5) is 0 Å². The van der Waals surface area contributed by atoms with Crippen molar-refractivity contribution in [3.8, 4) is 0 Å². The molecule has 0 saturated carbocycles. The first kappa shape index (κ1) is 22.1. The number of guanidine groups is 1. The van der Waals surface area contributed by atoms with Gasteiger partial charge in [-0.2, -0.15) is 0 Å². The molecule has 26 heavy (non-hydrogen) atoms. The van der Waals surface area contributed by atoms with E-state index in [1.807, 2.05) is 0 Å². The largest absolute Gasteiger partial charge is 0.381 e. The smallest absolute Gasteiger partial charge is 0.194 e. The predicted octanol–water partition coefficient (Wildman–Crippen LogP) is 1.17. The number of hydrogen-bond acceptors (Lipinski definition) is 5. The number of nitrogens with one attached hydrogen (secondary N) is 1. The van der Waals surface area contributed by atoms with Gasteiger partial charge in [0.05, 0.1) is 25.4 Å². The van der Waals surface area contributed by atoms with Crippen LogP contribution in [0.15, 0.2) is 4.99 Å². The minimum Gasteiger partial charge on any atom is -0.381 e. The van der Waals surface area contributed by atoms with Gasteiger partial charge >= 0.3 is 0 Å². The fourth-order valence-electron chi connectivity index (χ4n) is 3.99. The molecule has 0 aromatic heterocycles. The van der Waals surface area contributed by atoms with Crippen molar-refractivity contribution in [2.45, 2.75) is 37.8 Å². The molecule has 1 unspecified atom stereocenters. The number of methoxy groups -OCH3 is 1. The molecule has 1 atom stereocenters. The molecule has 0 radical (unpaired) electrons. The maximum Gasteiger partial charge on any atom is 0.194 e. The molecule has 0 bridgehead atoms. The summed E-state index contributed by atoms with van der Waals surface area (Å²) in [5.41, 5.74) is -0.164. The van der Waals surface area contributed by atoms with Gasteiger partial charge < -0.3 is 24.4 Å². The monoisotopic (exact) mass is 482 g/mol. The van der Waals surface area contributed by atoms with E-state index in [9.17, 15) is 0 Å². The van der Waals surface area contributed by atoms with Crippen LogP contribution in [0.5, 0.6) is 0 Å². The maximum absolute atomic E-state index is 5.83. The van der Waals surface area contributed by atoms with E-state index < -0.39 is 0 Å². The van der Waals surface area contributed by atoms with Gasteiger partial charge in [-0.3, -0.25) is 9.89 Å². The van der Waals surface area contributed by atoms with E-state index in [0.717, 1.165) is 78.0 Å². The Balaban J connectivity index is 0.00000243. The predicted molar refractivity (Wildman–Crippen MR) is 114 cm³/mol. The van der Waals surface area contributed by atoms with Crippen LogP contribution in [-0.4, -0.2) is 100 Å². The third kappa shape index (κ3) is 5.67. The van der Waals surface area contributed by atoms with Gasteiger partial charge in [0.2, 0.25) is 0 Å². The SMILES string of the molecule is CCNC(=NCC1(OC)CCOCC1)N1CCC(N2CCOCC2)C1.I. The molecule has 0 aromatic rings. The first-order valence-corrected chi connectivity index (χ1v) is 9.74. The molecule has 3 heterocycles. The van der Waals surface area contributed by atoms with E-state index in [0.29, 0.717) is 12.6 Å². The lowest BCUT2D eigenvalue weighted by molar-refractivity contribution is -0.0829. The second-order valence-corrected chi connectivity index (χ2v) is 7.21. The number of halogens is 1. The number of morpholine rings is 1. The molecule has 0 spiro atoms. The van der Waals surface area contributed by atoms with Crippen molar-refractivity contribution in [3.05, 3.63) is 0 Å². The fourth-order valence-corrected chi connectivity index (χ4v) is 3.99. The zero-order chi connectivity index (χ0) is 17.5. The van der Waals surface area contributed by atoms with Crippen LogP contribution in [0.25, 0.3) is 0 Å². The van der Waals surface area contributed by atoms with Gasteiger partial charge in [-0.25, -0.2) is 0 Å². The quantitative estimate of drug-likeness (QED) is 0.361. The third-order valence-corrected chi connectivity index (χ3v) is 5.71. The lowest BCUT2D eigenvalue weighted by Gasteiger charge is -2.35. The van der Waals surface area contributed by atoms with Crippen molar-refractivity contribution in [2.24, 2.45) is 4.99 Å². The standard InChI is InChI=1S/C18H34N4O3.HI/c1-3-19-17(20-15-18(23-2)5-10-24-11-6-18)22-7-4-16(14-22)21-8-12-25-13-9-21;/h16H,3-15H2,1-2H3,(H,19,20);1H. The molecule has 1 N–H and O–H groups in total. The Morgan fingerprint density at radius 3 is 2.50 bits per heavy atom. The molecule has 8 heteroatoms. The summed E-state index contributed by atoms with van der Waals surface area (Å²) in [6.45, 7) is 11.2. The van der Waals surface area contributed by atoms with Crippen molar-refractivity contribution in [1.29, 1.82) is 0 Å². The molecule has 0 aliphatic carbocycles. The Morgan fingerprint density at radius 1 is 1.15 bits per heavy atom. The number of nitrogens with zero attached hydrogens (tertiary/aromatic N) is 3. The van der Waals surface area contributed by atoms with Gasteiger partial charge in [-0.05, 0) is 13.3 Å². The van der Waals surface area contributed by atoms with Crippen molar-refractivity contribution in [2.75, 3.05) is 72.8 Å². The average molecular weight is 482 g/mol. The van der Waals surface area contributed by atoms with Gasteiger partial charge in [0.25, 0.3) is 0 Å². The van der Waals surface area contributed by atoms with Gasteiger partial charge in [-0.15, -0.1) is 24.0 Å². The topological polar surface area (TPSA) is 58.6 Å². The molecule has 3 aliphatic rings. The summed E-state index contributed by atoms with van der Waals surface area (Å²) in [4.78, 5) is 9.93. The van der Waals surface area contributed by atoms with E-state index >= 15 is 0 Å². The van der Waals surface area contributed by atoms with Crippen LogP contribution < -0.4 is 5.32 Å². The average Bonchev–Trinajstić information content (AvgIpc) is 3.16. The summed E-state index contributed by atoms with van der Waals surface area (Å²) in [6, 6.07) is 0.618. The number of aliphatic imine (C=N–C) groups is 1. The number of likely N-dealkylation sites (tertiary alicyclic amines) is 1. The highest BCUT2D eigenvalue weighted by molar-refractivity contribution is 14.0. The van der Waals surface area contributed by atoms with E-state index in [2.05, 4.69) is 22.0 Å². The van der Waals surface area contributed by atoms with Crippen LogP contribution in [0, 0.1) is 0 Å². The molecule has 0 aromatic carbocycles. The molecule has 3 aliphatic heterocycles. The van der Waals surface area contributed by atoms with Crippen LogP contribution in [0.1, 0.15) is 26.2 Å². The fraction of sp³-hybridized carbons (Fsp3) is 0.944. The van der Waals surface area contributed by atoms with Gasteiger partial charge in [0.1, 0.15) is 0 Å². The summed E-state index contributed by atoms with van der Waals surface area (Å²) >= 11 is 0. The van der Waals surface area contributed by atoms with E-state index in [4.69, 9.17) is 19.2 Å². The van der Waals surface area contributed by atoms with Crippen LogP contribution in [0.2, 0.25) is 0 Å². The number of rotatable bonds is 5. The highest BCUT2D eigenvalue weighted by Gasteiger charge is 2.34. The molecule has 3 fully saturated rings. The van der Waals surface area contributed by atoms with Crippen molar-refractivity contribution in [3.63, 3.8) is 0 Å². The van der Waals surface area contributed by atoms with Crippen molar-refractivity contribution in [1.82, 2.24) is 15.1 Å². The van der Waals surface area contributed by atoms with Crippen LogP contribution in [0.3, 0.4) is 0 Å². The zero-order valence-electron chi connectivity index (χ0n) is 16.2. The Morgan fingerprint density at radius 2 is 1.85 bits per heavy atom. The second-order valence-electron chi connectivity index (χ2n) is 7.21. The van der Waals surface area contributed by atoms with E-state index in [-0.39, 0.29) is 29.6 Å². The lowest BCUT2D eigenvalue weighted by atomic mass is 9.94. The summed E-state index contributed by atoms with van der Waals surface area (Å²) in [5.74, 6) is 1.03. The second kappa shape index (κ2) is 11.0. The molecule has 3 rings (SSSR count). The van der Waals surface area contributed by atoms with Crippen molar-refractivity contribution >= 4 is 29.9 Å². The van der Waals surface area contributed by atoms with Crippen molar-refractivity contribution < 1.29 is 14.2 Å². The lowest BCUT2D eigenvalue weighted by Crippen LogP contribution is -2.47. The van der Waals surface area contributed by atoms with Crippen LogP contribution >= 0.6 is 24.0 Å². The minimum absolute atomic E-state index is 0. The molecule has 3 saturated heterocycles. The summed E-state index contributed by atoms with van der Waals surface area (Å²) in [7, 11) is 1.80. The molecule has 0 amide bonds. The Labute approximate surface area is 174 Å². The van der Waals surface area contributed by atoms with E-state index in [1.165, 1.54) is 6.42 Å². The van der Waals surface area contributed by atoms with E-state index in [1.54, 1.807) is 7.11 Å². The molecule has 152 valence electrons. The summed E-state index contributed by atoms with van der Waals surface area (Å²) in [5, 5.41) is 3.47.